The van der Waals surface area contributed by atoms with E-state index >= 15 is 0 Å². The Morgan fingerprint density at radius 1 is 1.08 bits per heavy atom. The molecule has 0 aliphatic carbocycles. The van der Waals surface area contributed by atoms with E-state index in [2.05, 4.69) is 10.3 Å². The molecular formula is C16H36IN5O3S. The van der Waals surface area contributed by atoms with Crippen molar-refractivity contribution in [1.29, 1.82) is 0 Å². The Bertz CT molecular complexity index is 524. The lowest BCUT2D eigenvalue weighted by molar-refractivity contribution is -0.131. The molecule has 0 radical (unpaired) electrons. The molecule has 1 amide bonds. The molecule has 156 valence electrons. The lowest BCUT2D eigenvalue weighted by Gasteiger charge is -2.25. The summed E-state index contributed by atoms with van der Waals surface area (Å²) >= 11 is 0. The number of halogens is 1. The van der Waals surface area contributed by atoms with Crippen molar-refractivity contribution in [3.05, 3.63) is 0 Å². The van der Waals surface area contributed by atoms with E-state index in [1.54, 1.807) is 23.8 Å². The fraction of sp³-hybridized carbons (Fsp3) is 0.875. The Labute approximate surface area is 176 Å². The van der Waals surface area contributed by atoms with Gasteiger partial charge in [-0.3, -0.25) is 9.79 Å². The summed E-state index contributed by atoms with van der Waals surface area (Å²) in [6, 6.07) is 0. The largest absolute Gasteiger partial charge is 0.357 e. The lowest BCUT2D eigenvalue weighted by atomic mass is 10.4. The standard InChI is InChI=1S/C16H35N5O3S.HI/c1-7-17-16(19(5)14-15(22)21(8-2)9-3)18-12-11-13-20(6)25(23,24)10-4;/h7-14H2,1-6H3,(H,17,18);1H. The van der Waals surface area contributed by atoms with Crippen molar-refractivity contribution in [3.63, 3.8) is 0 Å². The number of guanidine groups is 1. The minimum atomic E-state index is -3.15. The fourth-order valence-corrected chi connectivity index (χ4v) is 3.11. The van der Waals surface area contributed by atoms with Gasteiger partial charge >= 0.3 is 0 Å². The molecule has 0 atom stereocenters. The molecular weight excluding hydrogens is 469 g/mol. The molecule has 0 unspecified atom stereocenters. The first-order chi connectivity index (χ1) is 11.7. The third-order valence-electron chi connectivity index (χ3n) is 3.92. The second-order valence-corrected chi connectivity index (χ2v) is 8.10. The summed E-state index contributed by atoms with van der Waals surface area (Å²) in [5.41, 5.74) is 0. The van der Waals surface area contributed by atoms with Crippen LogP contribution in [0.4, 0.5) is 0 Å². The highest BCUT2D eigenvalue weighted by Gasteiger charge is 2.16. The smallest absolute Gasteiger partial charge is 0.242 e. The van der Waals surface area contributed by atoms with Crippen LogP contribution in [0.15, 0.2) is 4.99 Å². The van der Waals surface area contributed by atoms with Crippen LogP contribution in [0.3, 0.4) is 0 Å². The van der Waals surface area contributed by atoms with E-state index < -0.39 is 10.0 Å². The van der Waals surface area contributed by atoms with Gasteiger partial charge in [0.15, 0.2) is 5.96 Å². The zero-order valence-electron chi connectivity index (χ0n) is 17.0. The van der Waals surface area contributed by atoms with Gasteiger partial charge in [0.05, 0.1) is 12.3 Å². The number of hydrogen-bond donors (Lipinski definition) is 1. The van der Waals surface area contributed by atoms with Crippen LogP contribution in [0.5, 0.6) is 0 Å². The van der Waals surface area contributed by atoms with Gasteiger partial charge in [-0.05, 0) is 34.1 Å². The molecule has 8 nitrogen and oxygen atoms in total. The molecule has 0 saturated carbocycles. The van der Waals surface area contributed by atoms with Crippen molar-refractivity contribution in [1.82, 2.24) is 19.4 Å². The number of carbonyl (C=O) groups is 1. The number of nitrogens with one attached hydrogen (secondary N) is 1. The van der Waals surface area contributed by atoms with Gasteiger partial charge in [-0.2, -0.15) is 0 Å². The molecule has 0 aliphatic rings. The third kappa shape index (κ3) is 9.91. The highest BCUT2D eigenvalue weighted by Crippen LogP contribution is 2.00. The summed E-state index contributed by atoms with van der Waals surface area (Å²) in [5, 5.41) is 3.17. The molecule has 0 spiro atoms. The molecule has 1 N–H and O–H groups in total. The number of nitrogens with zero attached hydrogens (tertiary/aromatic N) is 4. The maximum absolute atomic E-state index is 12.2. The Hall–Kier alpha value is -0.620. The molecule has 10 heteroatoms. The number of carbonyl (C=O) groups excluding carboxylic acids is 1. The van der Waals surface area contributed by atoms with Crippen LogP contribution >= 0.6 is 24.0 Å². The molecule has 0 aromatic heterocycles. The first-order valence-corrected chi connectivity index (χ1v) is 10.5. The molecule has 0 aromatic carbocycles. The molecule has 0 aliphatic heterocycles. The molecule has 0 heterocycles. The van der Waals surface area contributed by atoms with Gasteiger partial charge in [-0.15, -0.1) is 24.0 Å². The molecule has 0 rings (SSSR count). The van der Waals surface area contributed by atoms with Crippen LogP contribution in [0, 0.1) is 0 Å². The summed E-state index contributed by atoms with van der Waals surface area (Å²) in [4.78, 5) is 20.3. The van der Waals surface area contributed by atoms with Crippen molar-refractivity contribution in [2.45, 2.75) is 34.1 Å². The van der Waals surface area contributed by atoms with Crippen LogP contribution in [-0.4, -0.2) is 93.5 Å². The summed E-state index contributed by atoms with van der Waals surface area (Å²) in [5.74, 6) is 0.821. The van der Waals surface area contributed by atoms with E-state index in [1.807, 2.05) is 27.8 Å². The first-order valence-electron chi connectivity index (χ1n) is 8.94. The lowest BCUT2D eigenvalue weighted by Crippen LogP contribution is -2.45. The van der Waals surface area contributed by atoms with Crippen LogP contribution in [0.25, 0.3) is 0 Å². The number of rotatable bonds is 11. The van der Waals surface area contributed by atoms with Crippen molar-refractivity contribution >= 4 is 45.9 Å². The zero-order valence-corrected chi connectivity index (χ0v) is 20.1. The summed E-state index contributed by atoms with van der Waals surface area (Å²) in [6.45, 7) is 10.8. The topological polar surface area (TPSA) is 85.3 Å². The molecule has 26 heavy (non-hydrogen) atoms. The minimum Gasteiger partial charge on any atom is -0.357 e. The van der Waals surface area contributed by atoms with Crippen LogP contribution in [-0.2, 0) is 14.8 Å². The van der Waals surface area contributed by atoms with Crippen molar-refractivity contribution in [2.24, 2.45) is 4.99 Å². The van der Waals surface area contributed by atoms with Gasteiger partial charge in [-0.1, -0.05) is 0 Å². The van der Waals surface area contributed by atoms with E-state index in [0.29, 0.717) is 45.1 Å². The highest BCUT2D eigenvalue weighted by molar-refractivity contribution is 14.0. The first kappa shape index (κ1) is 27.6. The van der Waals surface area contributed by atoms with E-state index in [9.17, 15) is 13.2 Å². The minimum absolute atomic E-state index is 0. The summed E-state index contributed by atoms with van der Waals surface area (Å²) in [6.07, 6.45) is 0.627. The maximum Gasteiger partial charge on any atom is 0.242 e. The van der Waals surface area contributed by atoms with E-state index in [-0.39, 0.29) is 42.2 Å². The molecule has 0 bridgehead atoms. The quantitative estimate of drug-likeness (QED) is 0.196. The Morgan fingerprint density at radius 3 is 2.12 bits per heavy atom. The normalized spacial score (nSPS) is 11.9. The molecule has 0 fully saturated rings. The summed E-state index contributed by atoms with van der Waals surface area (Å²) in [7, 11) is 0.268. The Morgan fingerprint density at radius 2 is 1.65 bits per heavy atom. The van der Waals surface area contributed by atoms with Crippen LogP contribution < -0.4 is 5.32 Å². The zero-order chi connectivity index (χ0) is 19.5. The Balaban J connectivity index is 0. The monoisotopic (exact) mass is 505 g/mol. The number of hydrogen-bond acceptors (Lipinski definition) is 4. The predicted octanol–water partition coefficient (Wildman–Crippen LogP) is 1.04. The van der Waals surface area contributed by atoms with Gasteiger partial charge in [0.2, 0.25) is 15.9 Å². The average Bonchev–Trinajstić information content (AvgIpc) is 2.58. The van der Waals surface area contributed by atoms with E-state index in [4.69, 9.17) is 0 Å². The summed E-state index contributed by atoms with van der Waals surface area (Å²) < 4.78 is 24.8. The van der Waals surface area contributed by atoms with Crippen LogP contribution in [0.2, 0.25) is 0 Å². The number of likely N-dealkylation sites (N-methyl/N-ethyl adjacent to an activating group) is 2. The second kappa shape index (κ2) is 14.4. The second-order valence-electron chi connectivity index (χ2n) is 5.73. The van der Waals surface area contributed by atoms with Gasteiger partial charge in [0.25, 0.3) is 0 Å². The van der Waals surface area contributed by atoms with Crippen LogP contribution in [0.1, 0.15) is 34.1 Å². The van der Waals surface area contributed by atoms with Gasteiger partial charge in [-0.25, -0.2) is 12.7 Å². The molecule has 0 aromatic rings. The SMILES string of the molecule is CCNC(=NCCCN(C)S(=O)(=O)CC)N(C)CC(=O)N(CC)CC.I. The maximum atomic E-state index is 12.2. The molecule has 0 saturated heterocycles. The number of sulfonamides is 1. The van der Waals surface area contributed by atoms with Crippen molar-refractivity contribution < 1.29 is 13.2 Å². The number of amides is 1. The van der Waals surface area contributed by atoms with Crippen molar-refractivity contribution in [3.8, 4) is 0 Å². The van der Waals surface area contributed by atoms with Gasteiger partial charge in [0, 0.05) is 46.8 Å². The highest BCUT2D eigenvalue weighted by atomic mass is 127. The van der Waals surface area contributed by atoms with E-state index in [1.165, 1.54) is 4.31 Å². The van der Waals surface area contributed by atoms with Crippen molar-refractivity contribution in [2.75, 3.05) is 59.1 Å². The number of aliphatic imine (C=N–C) groups is 1. The third-order valence-corrected chi connectivity index (χ3v) is 5.78. The Kier molecular flexibility index (Phi) is 15.3. The van der Waals surface area contributed by atoms with Gasteiger partial charge < -0.3 is 15.1 Å². The average molecular weight is 505 g/mol. The fourth-order valence-electron chi connectivity index (χ4n) is 2.26. The van der Waals surface area contributed by atoms with Gasteiger partial charge in [0.1, 0.15) is 0 Å². The van der Waals surface area contributed by atoms with E-state index in [0.717, 1.165) is 0 Å². The predicted molar refractivity (Wildman–Crippen MR) is 119 cm³/mol.